The van der Waals surface area contributed by atoms with Crippen LogP contribution in [0.3, 0.4) is 0 Å². The van der Waals surface area contributed by atoms with Crippen molar-refractivity contribution < 1.29 is 8.98 Å². The van der Waals surface area contributed by atoms with E-state index in [4.69, 9.17) is 11.0 Å². The molecule has 2 aromatic heterocycles. The minimum absolute atomic E-state index is 0.428. The lowest BCUT2D eigenvalue weighted by Crippen LogP contribution is -2.30. The van der Waals surface area contributed by atoms with Crippen molar-refractivity contribution in [2.45, 2.75) is 26.7 Å². The van der Waals surface area contributed by atoms with Gasteiger partial charge in [0.05, 0.1) is 12.1 Å². The van der Waals surface area contributed by atoms with Crippen molar-refractivity contribution in [2.24, 2.45) is 7.05 Å². The van der Waals surface area contributed by atoms with Crippen molar-refractivity contribution in [2.75, 3.05) is 0 Å². The first kappa shape index (κ1) is 16.4. The number of benzene rings is 2. The molecule has 0 aliphatic rings. The van der Waals surface area contributed by atoms with Crippen LogP contribution in [0.4, 0.5) is 5.69 Å². The molecule has 0 bridgehead atoms. The van der Waals surface area contributed by atoms with Crippen molar-refractivity contribution >= 4 is 27.6 Å². The van der Waals surface area contributed by atoms with Crippen molar-refractivity contribution in [3.8, 4) is 11.3 Å². The van der Waals surface area contributed by atoms with Crippen LogP contribution in [0.25, 0.3) is 38.0 Å². The van der Waals surface area contributed by atoms with Gasteiger partial charge >= 0.3 is 0 Å². The van der Waals surface area contributed by atoms with Crippen molar-refractivity contribution in [1.29, 1.82) is 0 Å². The van der Waals surface area contributed by atoms with Gasteiger partial charge in [0, 0.05) is 22.9 Å². The van der Waals surface area contributed by atoms with Crippen molar-refractivity contribution in [1.82, 2.24) is 0 Å². The summed E-state index contributed by atoms with van der Waals surface area (Å²) < 4.78 is 8.14. The number of aromatic nitrogens is 1. The highest BCUT2D eigenvalue weighted by molar-refractivity contribution is 6.15. The molecule has 0 amide bonds. The molecule has 128 valence electrons. The molecule has 0 unspecified atom stereocenters. The lowest BCUT2D eigenvalue weighted by Gasteiger charge is -2.08. The Kier molecular flexibility index (Phi) is 3.77. The predicted molar refractivity (Wildman–Crippen MR) is 105 cm³/mol. The van der Waals surface area contributed by atoms with E-state index in [0.29, 0.717) is 11.6 Å². The topological polar surface area (TPSA) is 21.4 Å². The SMILES string of the molecule is [C-]#[N+]c1c(-c2cccc[n+]2C)c(C)cc2oc3ccc(C(C)C)cc3c12. The van der Waals surface area contributed by atoms with Crippen LogP contribution < -0.4 is 4.57 Å². The largest absolute Gasteiger partial charge is 0.457 e. The van der Waals surface area contributed by atoms with Gasteiger partial charge in [-0.05, 0) is 48.2 Å². The fourth-order valence-corrected chi connectivity index (χ4v) is 3.64. The minimum Gasteiger partial charge on any atom is -0.457 e. The zero-order valence-corrected chi connectivity index (χ0v) is 15.5. The third-order valence-corrected chi connectivity index (χ3v) is 5.04. The standard InChI is InChI=1S/C23H21N2O/c1-14(2)16-9-10-19-17(13-16)22-20(26-19)12-15(3)21(23(22)24-4)18-8-6-7-11-25(18)5/h6-14H,1-3,5H3/q+1. The first-order chi connectivity index (χ1) is 12.5. The van der Waals surface area contributed by atoms with Gasteiger partial charge < -0.3 is 4.42 Å². The Morgan fingerprint density at radius 1 is 1.08 bits per heavy atom. The average molecular weight is 341 g/mol. The molecule has 0 aliphatic heterocycles. The molecular weight excluding hydrogens is 320 g/mol. The van der Waals surface area contributed by atoms with E-state index >= 15 is 0 Å². The summed E-state index contributed by atoms with van der Waals surface area (Å²) >= 11 is 0. The molecule has 0 saturated heterocycles. The molecule has 0 spiro atoms. The fourth-order valence-electron chi connectivity index (χ4n) is 3.64. The summed E-state index contributed by atoms with van der Waals surface area (Å²) in [4.78, 5) is 3.95. The number of fused-ring (bicyclic) bond motifs is 3. The van der Waals surface area contributed by atoms with Gasteiger partial charge in [0.2, 0.25) is 11.4 Å². The van der Waals surface area contributed by atoms with E-state index in [0.717, 1.165) is 38.8 Å². The highest BCUT2D eigenvalue weighted by Gasteiger charge is 2.23. The molecule has 0 radical (unpaired) electrons. The first-order valence-electron chi connectivity index (χ1n) is 8.83. The Hall–Kier alpha value is -3.12. The molecule has 3 nitrogen and oxygen atoms in total. The highest BCUT2D eigenvalue weighted by Crippen LogP contribution is 2.44. The van der Waals surface area contributed by atoms with Crippen LogP contribution in [0.5, 0.6) is 0 Å². The predicted octanol–water partition coefficient (Wildman–Crippen LogP) is 6.06. The van der Waals surface area contributed by atoms with Crippen LogP contribution in [0.2, 0.25) is 0 Å². The third kappa shape index (κ3) is 2.38. The number of nitrogens with zero attached hydrogens (tertiary/aromatic N) is 2. The van der Waals surface area contributed by atoms with Crippen molar-refractivity contribution in [3.63, 3.8) is 0 Å². The molecule has 0 aliphatic carbocycles. The minimum atomic E-state index is 0.428. The molecule has 3 heteroatoms. The van der Waals surface area contributed by atoms with Gasteiger partial charge in [0.25, 0.3) is 0 Å². The van der Waals surface area contributed by atoms with Crippen LogP contribution >= 0.6 is 0 Å². The van der Waals surface area contributed by atoms with Gasteiger partial charge in [-0.2, -0.15) is 0 Å². The molecule has 0 N–H and O–H groups in total. The van der Waals surface area contributed by atoms with E-state index in [1.54, 1.807) is 0 Å². The summed E-state index contributed by atoms with van der Waals surface area (Å²) in [6.45, 7) is 14.3. The molecule has 0 atom stereocenters. The maximum absolute atomic E-state index is 7.91. The van der Waals surface area contributed by atoms with Gasteiger partial charge in [-0.15, -0.1) is 0 Å². The second kappa shape index (κ2) is 6.00. The van der Waals surface area contributed by atoms with Gasteiger partial charge in [0.15, 0.2) is 6.20 Å². The molecule has 4 aromatic rings. The zero-order chi connectivity index (χ0) is 18.4. The number of hydrogen-bond acceptors (Lipinski definition) is 1. The van der Waals surface area contributed by atoms with Crippen LogP contribution in [-0.4, -0.2) is 0 Å². The fraction of sp³-hybridized carbons (Fsp3) is 0.217. The van der Waals surface area contributed by atoms with Gasteiger partial charge in [-0.1, -0.05) is 19.9 Å². The monoisotopic (exact) mass is 341 g/mol. The normalized spacial score (nSPS) is 11.4. The molecule has 0 saturated carbocycles. The van der Waals surface area contributed by atoms with Crippen LogP contribution in [0.1, 0.15) is 30.9 Å². The smallest absolute Gasteiger partial charge is 0.212 e. The molecule has 2 aromatic carbocycles. The summed E-state index contributed by atoms with van der Waals surface area (Å²) in [6, 6.07) is 14.4. The Morgan fingerprint density at radius 2 is 1.88 bits per heavy atom. The van der Waals surface area contributed by atoms with E-state index in [1.807, 2.05) is 38.4 Å². The number of furan rings is 1. The van der Waals surface area contributed by atoms with Crippen LogP contribution in [0.15, 0.2) is 53.1 Å². The van der Waals surface area contributed by atoms with Gasteiger partial charge in [0.1, 0.15) is 18.2 Å². The molecule has 2 heterocycles. The Morgan fingerprint density at radius 3 is 2.58 bits per heavy atom. The molecule has 26 heavy (non-hydrogen) atoms. The van der Waals surface area contributed by atoms with E-state index in [9.17, 15) is 0 Å². The Balaban J connectivity index is 2.16. The second-order valence-corrected chi connectivity index (χ2v) is 7.11. The summed E-state index contributed by atoms with van der Waals surface area (Å²) in [7, 11) is 2.01. The Labute approximate surface area is 153 Å². The zero-order valence-electron chi connectivity index (χ0n) is 15.5. The second-order valence-electron chi connectivity index (χ2n) is 7.11. The lowest BCUT2D eigenvalue weighted by molar-refractivity contribution is -0.660. The highest BCUT2D eigenvalue weighted by atomic mass is 16.3. The maximum atomic E-state index is 7.91. The molecule has 0 fully saturated rings. The van der Waals surface area contributed by atoms with Gasteiger partial charge in [-0.3, -0.25) is 0 Å². The molecular formula is C23H21N2O+. The van der Waals surface area contributed by atoms with Crippen LogP contribution in [0, 0.1) is 13.5 Å². The molecule has 4 rings (SSSR count). The lowest BCUT2D eigenvalue weighted by atomic mass is 9.96. The third-order valence-electron chi connectivity index (χ3n) is 5.04. The summed E-state index contributed by atoms with van der Waals surface area (Å²) in [6.07, 6.45) is 2.01. The van der Waals surface area contributed by atoms with E-state index in [1.165, 1.54) is 5.56 Å². The number of rotatable bonds is 2. The van der Waals surface area contributed by atoms with E-state index in [-0.39, 0.29) is 0 Å². The first-order valence-corrected chi connectivity index (χ1v) is 8.83. The van der Waals surface area contributed by atoms with E-state index in [2.05, 4.69) is 47.5 Å². The van der Waals surface area contributed by atoms with Crippen molar-refractivity contribution in [3.05, 3.63) is 71.2 Å². The summed E-state index contributed by atoms with van der Waals surface area (Å²) in [5, 5.41) is 1.94. The average Bonchev–Trinajstić information content (AvgIpc) is 2.98. The van der Waals surface area contributed by atoms with Gasteiger partial charge in [-0.25, -0.2) is 9.41 Å². The van der Waals surface area contributed by atoms with E-state index < -0.39 is 0 Å². The number of hydrogen-bond donors (Lipinski definition) is 0. The Bertz CT molecular complexity index is 1190. The number of aryl methyl sites for hydroxylation is 2. The van der Waals surface area contributed by atoms with Crippen LogP contribution in [-0.2, 0) is 7.05 Å². The maximum Gasteiger partial charge on any atom is 0.212 e. The summed E-state index contributed by atoms with van der Waals surface area (Å²) in [5.41, 5.74) is 6.61. The quantitative estimate of drug-likeness (QED) is 0.321. The number of pyridine rings is 1. The summed E-state index contributed by atoms with van der Waals surface area (Å²) in [5.74, 6) is 0.428.